The number of nitrogens with zero attached hydrogens (tertiary/aromatic N) is 1. The number of carboxylic acid groups (broad SMARTS) is 1. The van der Waals surface area contributed by atoms with Crippen molar-refractivity contribution in [2.24, 2.45) is 0 Å². The van der Waals surface area contributed by atoms with E-state index < -0.39 is 11.6 Å². The zero-order valence-electron chi connectivity index (χ0n) is 16.7. The number of carboxylic acids is 1. The highest BCUT2D eigenvalue weighted by molar-refractivity contribution is 5.76. The van der Waals surface area contributed by atoms with E-state index in [0.717, 1.165) is 22.5 Å². The number of nitrogens with one attached hydrogen (secondary N) is 1. The molecule has 0 aliphatic heterocycles. The number of pyridine rings is 1. The van der Waals surface area contributed by atoms with Crippen LogP contribution in [0, 0.1) is 0 Å². The molecular weight excluding hydrogens is 368 g/mol. The van der Waals surface area contributed by atoms with Crippen LogP contribution in [0.25, 0.3) is 11.3 Å². The molecule has 6 heteroatoms. The molecule has 0 aliphatic rings. The fourth-order valence-corrected chi connectivity index (χ4v) is 2.76. The van der Waals surface area contributed by atoms with E-state index >= 15 is 0 Å². The number of aliphatic carboxylic acids is 1. The molecule has 2 N–H and O–H groups in total. The maximum atomic E-state index is 11.3. The first-order chi connectivity index (χ1) is 13.9. The second kappa shape index (κ2) is 8.65. The third-order valence-electron chi connectivity index (χ3n) is 4.41. The Labute approximate surface area is 170 Å². The Balaban J connectivity index is 1.73. The molecule has 0 saturated heterocycles. The molecule has 29 heavy (non-hydrogen) atoms. The molecule has 0 fully saturated rings. The number of carbonyl (C=O) groups is 1. The molecule has 0 atom stereocenters. The molecule has 0 amide bonds. The van der Waals surface area contributed by atoms with Gasteiger partial charge >= 0.3 is 5.97 Å². The Morgan fingerprint density at radius 2 is 1.83 bits per heavy atom. The van der Waals surface area contributed by atoms with Crippen LogP contribution in [-0.4, -0.2) is 28.8 Å². The first kappa shape index (κ1) is 20.2. The van der Waals surface area contributed by atoms with Crippen LogP contribution in [0.4, 0.5) is 5.69 Å². The Bertz CT molecular complexity index is 987. The maximum absolute atomic E-state index is 11.3. The van der Waals surface area contributed by atoms with Crippen LogP contribution < -0.4 is 14.8 Å². The molecule has 3 rings (SSSR count). The van der Waals surface area contributed by atoms with E-state index in [2.05, 4.69) is 10.3 Å². The lowest BCUT2D eigenvalue weighted by atomic mass is 10.1. The summed E-state index contributed by atoms with van der Waals surface area (Å²) in [7, 11) is 1.60. The zero-order valence-corrected chi connectivity index (χ0v) is 16.7. The molecule has 0 unspecified atom stereocenters. The van der Waals surface area contributed by atoms with Crippen LogP contribution in [0.5, 0.6) is 11.6 Å². The van der Waals surface area contributed by atoms with E-state index in [1.54, 1.807) is 19.2 Å². The van der Waals surface area contributed by atoms with Crippen molar-refractivity contribution in [3.8, 4) is 22.9 Å². The van der Waals surface area contributed by atoms with E-state index in [1.165, 1.54) is 13.8 Å². The largest absolute Gasteiger partial charge is 0.481 e. The molecule has 2 aromatic carbocycles. The lowest BCUT2D eigenvalue weighted by Crippen LogP contribution is -2.37. The number of anilines is 1. The summed E-state index contributed by atoms with van der Waals surface area (Å²) in [6, 6.07) is 21.1. The minimum atomic E-state index is -1.31. The highest BCUT2D eigenvalue weighted by atomic mass is 16.5. The third-order valence-corrected chi connectivity index (χ3v) is 4.41. The van der Waals surface area contributed by atoms with Crippen LogP contribution in [0.1, 0.15) is 19.4 Å². The topological polar surface area (TPSA) is 80.7 Å². The van der Waals surface area contributed by atoms with Gasteiger partial charge in [-0.05, 0) is 38.1 Å². The van der Waals surface area contributed by atoms with Gasteiger partial charge in [-0.3, -0.25) is 0 Å². The zero-order chi connectivity index (χ0) is 20.9. The van der Waals surface area contributed by atoms with E-state index in [9.17, 15) is 9.90 Å². The molecule has 0 radical (unpaired) electrons. The second-order valence-electron chi connectivity index (χ2n) is 7.03. The third kappa shape index (κ3) is 5.04. The monoisotopic (exact) mass is 392 g/mol. The van der Waals surface area contributed by atoms with E-state index in [0.29, 0.717) is 18.2 Å². The summed E-state index contributed by atoms with van der Waals surface area (Å²) in [5, 5.41) is 12.5. The van der Waals surface area contributed by atoms with Crippen molar-refractivity contribution in [2.75, 3.05) is 12.4 Å². The van der Waals surface area contributed by atoms with E-state index in [4.69, 9.17) is 9.47 Å². The molecule has 0 bridgehead atoms. The van der Waals surface area contributed by atoms with Crippen LogP contribution in [-0.2, 0) is 11.3 Å². The van der Waals surface area contributed by atoms with Gasteiger partial charge in [0.2, 0.25) is 5.88 Å². The molecule has 0 spiro atoms. The summed E-state index contributed by atoms with van der Waals surface area (Å²) >= 11 is 0. The molecule has 150 valence electrons. The fraction of sp³-hybridized carbons (Fsp3) is 0.217. The summed E-state index contributed by atoms with van der Waals surface area (Å²) in [4.78, 5) is 15.9. The lowest BCUT2D eigenvalue weighted by molar-refractivity contribution is -0.152. The minimum Gasteiger partial charge on any atom is -0.481 e. The Kier molecular flexibility index (Phi) is 6.02. The Morgan fingerprint density at radius 1 is 1.07 bits per heavy atom. The van der Waals surface area contributed by atoms with Gasteiger partial charge in [-0.15, -0.1) is 0 Å². The van der Waals surface area contributed by atoms with Gasteiger partial charge in [-0.1, -0.05) is 36.4 Å². The van der Waals surface area contributed by atoms with Crippen molar-refractivity contribution in [3.05, 3.63) is 72.3 Å². The van der Waals surface area contributed by atoms with Gasteiger partial charge in [-0.2, -0.15) is 0 Å². The fourth-order valence-electron chi connectivity index (χ4n) is 2.76. The number of methoxy groups -OCH3 is 1. The molecule has 0 aliphatic carbocycles. The first-order valence-corrected chi connectivity index (χ1v) is 9.25. The Hall–Kier alpha value is -3.54. The van der Waals surface area contributed by atoms with Crippen LogP contribution in [0.2, 0.25) is 0 Å². The summed E-state index contributed by atoms with van der Waals surface area (Å²) in [6.45, 7) is 3.53. The van der Waals surface area contributed by atoms with Crippen molar-refractivity contribution in [3.63, 3.8) is 0 Å². The number of hydrogen-bond acceptors (Lipinski definition) is 5. The summed E-state index contributed by atoms with van der Waals surface area (Å²) in [5.74, 6) is 0.00959. The van der Waals surface area contributed by atoms with Gasteiger partial charge in [0.1, 0.15) is 5.75 Å². The standard InChI is InChI=1S/C23H24N2O4/c1-23(2,22(26)27)29-19-11-7-10-18(14-19)24-15-17-12-13-20(25-21(17)28-3)16-8-5-4-6-9-16/h4-14,24H,15H2,1-3H3,(H,26,27). The molecule has 1 heterocycles. The molecule has 6 nitrogen and oxygen atoms in total. The van der Waals surface area contributed by atoms with Crippen molar-refractivity contribution >= 4 is 11.7 Å². The average molecular weight is 392 g/mol. The van der Waals surface area contributed by atoms with Gasteiger partial charge in [-0.25, -0.2) is 9.78 Å². The van der Waals surface area contributed by atoms with Gasteiger partial charge in [0.25, 0.3) is 0 Å². The van der Waals surface area contributed by atoms with E-state index in [-0.39, 0.29) is 0 Å². The normalized spacial score (nSPS) is 11.0. The molecule has 1 aromatic heterocycles. The van der Waals surface area contributed by atoms with Gasteiger partial charge in [0.15, 0.2) is 5.60 Å². The lowest BCUT2D eigenvalue weighted by Gasteiger charge is -2.22. The summed E-state index contributed by atoms with van der Waals surface area (Å²) in [5.41, 5.74) is 2.27. The first-order valence-electron chi connectivity index (χ1n) is 9.25. The predicted molar refractivity (Wildman–Crippen MR) is 112 cm³/mol. The summed E-state index contributed by atoms with van der Waals surface area (Å²) < 4.78 is 11.1. The average Bonchev–Trinajstić information content (AvgIpc) is 2.72. The van der Waals surface area contributed by atoms with Gasteiger partial charge < -0.3 is 19.9 Å². The number of rotatable bonds is 8. The highest BCUT2D eigenvalue weighted by Crippen LogP contribution is 2.26. The van der Waals surface area contributed by atoms with Crippen molar-refractivity contribution in [1.82, 2.24) is 4.98 Å². The predicted octanol–water partition coefficient (Wildman–Crippen LogP) is 4.61. The molecule has 0 saturated carbocycles. The minimum absolute atomic E-state index is 0.479. The van der Waals surface area contributed by atoms with Crippen molar-refractivity contribution in [2.45, 2.75) is 26.0 Å². The number of hydrogen-bond donors (Lipinski definition) is 2. The summed E-state index contributed by atoms with van der Waals surface area (Å²) in [6.07, 6.45) is 0. The second-order valence-corrected chi connectivity index (χ2v) is 7.03. The maximum Gasteiger partial charge on any atom is 0.347 e. The quantitative estimate of drug-likeness (QED) is 0.583. The number of ether oxygens (including phenoxy) is 2. The highest BCUT2D eigenvalue weighted by Gasteiger charge is 2.29. The van der Waals surface area contributed by atoms with Gasteiger partial charge in [0.05, 0.1) is 12.8 Å². The molecule has 3 aromatic rings. The molecular formula is C23H24N2O4. The van der Waals surface area contributed by atoms with Crippen molar-refractivity contribution in [1.29, 1.82) is 0 Å². The Morgan fingerprint density at radius 3 is 2.52 bits per heavy atom. The van der Waals surface area contributed by atoms with Crippen LogP contribution in [0.3, 0.4) is 0 Å². The van der Waals surface area contributed by atoms with Crippen LogP contribution in [0.15, 0.2) is 66.7 Å². The number of aromatic nitrogens is 1. The van der Waals surface area contributed by atoms with Gasteiger partial charge in [0, 0.05) is 29.4 Å². The van der Waals surface area contributed by atoms with Crippen molar-refractivity contribution < 1.29 is 19.4 Å². The van der Waals surface area contributed by atoms with Crippen LogP contribution >= 0.6 is 0 Å². The SMILES string of the molecule is COc1nc(-c2ccccc2)ccc1CNc1cccc(OC(C)(C)C(=O)O)c1. The smallest absolute Gasteiger partial charge is 0.347 e. The van der Waals surface area contributed by atoms with E-state index in [1.807, 2.05) is 54.6 Å². The number of benzene rings is 2.